The van der Waals surface area contributed by atoms with Crippen LogP contribution in [0.5, 0.6) is 0 Å². The lowest BCUT2D eigenvalue weighted by Gasteiger charge is -2.36. The van der Waals surface area contributed by atoms with Gasteiger partial charge in [0.25, 0.3) is 0 Å². The number of hydrogen-bond acceptors (Lipinski definition) is 1. The monoisotopic (exact) mass is 222 g/mol. The number of rotatable bonds is 2. The molecule has 0 spiro atoms. The number of halogens is 3. The summed E-state index contributed by atoms with van der Waals surface area (Å²) in [6.45, 7) is 3.78. The van der Waals surface area contributed by atoms with Gasteiger partial charge >= 0.3 is 6.18 Å². The smallest absolute Gasteiger partial charge is 0.386 e. The van der Waals surface area contributed by atoms with Gasteiger partial charge < -0.3 is 5.11 Å². The normalized spacial score (nSPS) is 34.1. The molecule has 0 fully saturated rings. The highest BCUT2D eigenvalue weighted by atomic mass is 19.4. The molecule has 3 unspecified atom stereocenters. The summed E-state index contributed by atoms with van der Waals surface area (Å²) in [5.74, 6) is -1.38. The molecule has 4 heteroatoms. The molecule has 1 aliphatic carbocycles. The van der Waals surface area contributed by atoms with Gasteiger partial charge in [0, 0.05) is 0 Å². The molecule has 0 amide bonds. The van der Waals surface area contributed by atoms with Crippen molar-refractivity contribution < 1.29 is 18.3 Å². The van der Waals surface area contributed by atoms with Crippen molar-refractivity contribution >= 4 is 0 Å². The Bertz CT molecular complexity index is 247. The summed E-state index contributed by atoms with van der Waals surface area (Å²) >= 11 is 0. The number of alkyl halides is 3. The van der Waals surface area contributed by atoms with Crippen LogP contribution in [0.4, 0.5) is 13.2 Å². The molecule has 0 aliphatic heterocycles. The van der Waals surface area contributed by atoms with Gasteiger partial charge in [0.1, 0.15) is 0 Å². The summed E-state index contributed by atoms with van der Waals surface area (Å²) in [5, 5.41) is 10.1. The van der Waals surface area contributed by atoms with Crippen molar-refractivity contribution in [3.8, 4) is 0 Å². The van der Waals surface area contributed by atoms with Gasteiger partial charge in [-0.2, -0.15) is 13.2 Å². The van der Waals surface area contributed by atoms with E-state index in [4.69, 9.17) is 0 Å². The largest absolute Gasteiger partial charge is 0.395 e. The van der Waals surface area contributed by atoms with Crippen LogP contribution < -0.4 is 0 Å². The molecule has 0 saturated carbocycles. The Balaban J connectivity index is 2.73. The first kappa shape index (κ1) is 12.6. The van der Waals surface area contributed by atoms with E-state index in [1.54, 1.807) is 0 Å². The van der Waals surface area contributed by atoms with Crippen LogP contribution in [-0.4, -0.2) is 16.9 Å². The highest BCUT2D eigenvalue weighted by molar-refractivity contribution is 5.10. The van der Waals surface area contributed by atoms with E-state index in [0.717, 1.165) is 12.5 Å². The summed E-state index contributed by atoms with van der Waals surface area (Å²) in [4.78, 5) is 0. The van der Waals surface area contributed by atoms with Crippen molar-refractivity contribution in [1.29, 1.82) is 0 Å². The molecule has 1 aliphatic rings. The molecular weight excluding hydrogens is 205 g/mol. The van der Waals surface area contributed by atoms with E-state index in [9.17, 15) is 18.3 Å². The average Bonchev–Trinajstić information content (AvgIpc) is 2.15. The van der Waals surface area contributed by atoms with Gasteiger partial charge in [-0.1, -0.05) is 32.4 Å². The van der Waals surface area contributed by atoms with Gasteiger partial charge in [-0.15, -0.1) is 0 Å². The maximum absolute atomic E-state index is 12.3. The lowest BCUT2D eigenvalue weighted by atomic mass is 9.76. The second kappa shape index (κ2) is 4.16. The van der Waals surface area contributed by atoms with Gasteiger partial charge in [-0.05, 0) is 18.8 Å². The summed E-state index contributed by atoms with van der Waals surface area (Å²) in [5.41, 5.74) is -1.05. The fraction of sp³-hybridized carbons (Fsp3) is 0.818. The standard InChI is InChI=1S/C11H17F3O/c1-3-8(2)10(15)6-4-9(5-7-10)11(12,13)14/h4,6,8-9,15H,3,5,7H2,1-2H3. The molecule has 88 valence electrons. The lowest BCUT2D eigenvalue weighted by Crippen LogP contribution is -2.39. The topological polar surface area (TPSA) is 20.2 Å². The Morgan fingerprint density at radius 1 is 1.53 bits per heavy atom. The second-order valence-electron chi connectivity index (χ2n) is 4.35. The Morgan fingerprint density at radius 2 is 2.13 bits per heavy atom. The second-order valence-corrected chi connectivity index (χ2v) is 4.35. The summed E-state index contributed by atoms with van der Waals surface area (Å²) in [7, 11) is 0. The zero-order chi connectivity index (χ0) is 11.7. The van der Waals surface area contributed by atoms with Crippen molar-refractivity contribution in [1.82, 2.24) is 0 Å². The minimum absolute atomic E-state index is 0.00272. The Hall–Kier alpha value is -0.510. The first-order valence-electron chi connectivity index (χ1n) is 5.28. The van der Waals surface area contributed by atoms with Crippen molar-refractivity contribution in [2.45, 2.75) is 44.9 Å². The molecule has 0 bridgehead atoms. The van der Waals surface area contributed by atoms with E-state index >= 15 is 0 Å². The third kappa shape index (κ3) is 2.74. The molecule has 1 N–H and O–H groups in total. The van der Waals surface area contributed by atoms with Crippen LogP contribution in [0.25, 0.3) is 0 Å². The van der Waals surface area contributed by atoms with Crippen LogP contribution in [0.1, 0.15) is 33.1 Å². The van der Waals surface area contributed by atoms with Crippen molar-refractivity contribution in [2.24, 2.45) is 11.8 Å². The number of allylic oxidation sites excluding steroid dienone is 1. The van der Waals surface area contributed by atoms with Gasteiger partial charge in [0.15, 0.2) is 0 Å². The van der Waals surface area contributed by atoms with Crippen molar-refractivity contribution in [3.63, 3.8) is 0 Å². The molecule has 0 aromatic carbocycles. The predicted octanol–water partition coefficient (Wildman–Crippen LogP) is 3.29. The molecule has 15 heavy (non-hydrogen) atoms. The van der Waals surface area contributed by atoms with Crippen LogP contribution in [0.2, 0.25) is 0 Å². The number of hydrogen-bond donors (Lipinski definition) is 1. The SMILES string of the molecule is CCC(C)C1(O)C=CC(C(F)(F)F)CC1. The Kier molecular flexibility index (Phi) is 3.48. The third-order valence-corrected chi connectivity index (χ3v) is 3.36. The molecule has 0 aromatic heterocycles. The fourth-order valence-corrected chi connectivity index (χ4v) is 1.89. The van der Waals surface area contributed by atoms with Crippen LogP contribution in [0.15, 0.2) is 12.2 Å². The fourth-order valence-electron chi connectivity index (χ4n) is 1.89. The first-order chi connectivity index (χ1) is 6.79. The molecule has 0 saturated heterocycles. The maximum Gasteiger partial charge on any atom is 0.395 e. The van der Waals surface area contributed by atoms with Crippen LogP contribution in [-0.2, 0) is 0 Å². The van der Waals surface area contributed by atoms with Crippen molar-refractivity contribution in [2.75, 3.05) is 0 Å². The van der Waals surface area contributed by atoms with E-state index in [1.807, 2.05) is 13.8 Å². The highest BCUT2D eigenvalue weighted by Crippen LogP contribution is 2.39. The van der Waals surface area contributed by atoms with Gasteiger partial charge in [0.2, 0.25) is 0 Å². The van der Waals surface area contributed by atoms with E-state index in [2.05, 4.69) is 0 Å². The van der Waals surface area contributed by atoms with E-state index < -0.39 is 17.7 Å². The van der Waals surface area contributed by atoms with E-state index in [0.29, 0.717) is 0 Å². The average molecular weight is 222 g/mol. The first-order valence-corrected chi connectivity index (χ1v) is 5.28. The van der Waals surface area contributed by atoms with E-state index in [-0.39, 0.29) is 18.8 Å². The lowest BCUT2D eigenvalue weighted by molar-refractivity contribution is -0.168. The minimum Gasteiger partial charge on any atom is -0.386 e. The van der Waals surface area contributed by atoms with E-state index in [1.165, 1.54) is 6.08 Å². The molecule has 0 radical (unpaired) electrons. The summed E-state index contributed by atoms with van der Waals surface area (Å²) in [6, 6.07) is 0. The van der Waals surface area contributed by atoms with Crippen molar-refractivity contribution in [3.05, 3.63) is 12.2 Å². The third-order valence-electron chi connectivity index (χ3n) is 3.36. The number of aliphatic hydroxyl groups is 1. The highest BCUT2D eigenvalue weighted by Gasteiger charge is 2.43. The molecule has 0 aromatic rings. The molecule has 0 heterocycles. The maximum atomic E-state index is 12.3. The van der Waals surface area contributed by atoms with Gasteiger partial charge in [-0.25, -0.2) is 0 Å². The minimum atomic E-state index is -4.17. The molecule has 1 rings (SSSR count). The Morgan fingerprint density at radius 3 is 2.47 bits per heavy atom. The molecule has 1 nitrogen and oxygen atoms in total. The molecule has 3 atom stereocenters. The van der Waals surface area contributed by atoms with Crippen LogP contribution in [0.3, 0.4) is 0 Å². The zero-order valence-corrected chi connectivity index (χ0v) is 9.01. The van der Waals surface area contributed by atoms with Gasteiger partial charge in [0.05, 0.1) is 11.5 Å². The van der Waals surface area contributed by atoms with Crippen LogP contribution in [0, 0.1) is 11.8 Å². The predicted molar refractivity (Wildman–Crippen MR) is 52.3 cm³/mol. The van der Waals surface area contributed by atoms with Gasteiger partial charge in [-0.3, -0.25) is 0 Å². The Labute approximate surface area is 88.0 Å². The van der Waals surface area contributed by atoms with Crippen LogP contribution >= 0.6 is 0 Å². The summed E-state index contributed by atoms with van der Waals surface area (Å²) in [6.07, 6.45) is -0.785. The summed E-state index contributed by atoms with van der Waals surface area (Å²) < 4.78 is 37.0. The molecular formula is C11H17F3O. The quantitative estimate of drug-likeness (QED) is 0.711. The zero-order valence-electron chi connectivity index (χ0n) is 9.01.